The number of hydrogen-bond acceptors (Lipinski definition) is 7. The van der Waals surface area contributed by atoms with Gasteiger partial charge in [0.2, 0.25) is 17.3 Å². The molecular formula is C13H14N4O5S. The smallest absolute Gasteiger partial charge is 0.314 e. The molecule has 0 saturated carbocycles. The first-order valence-corrected chi connectivity index (χ1v) is 7.59. The van der Waals surface area contributed by atoms with Crippen LogP contribution in [0, 0.1) is 0 Å². The van der Waals surface area contributed by atoms with Crippen LogP contribution in [0.15, 0.2) is 15.5 Å². The third-order valence-corrected chi connectivity index (χ3v) is 3.97. The van der Waals surface area contributed by atoms with E-state index in [0.717, 1.165) is 17.8 Å². The molecule has 1 aliphatic rings. The number of carbonyl (C=O) groups excluding carboxylic acids is 4. The van der Waals surface area contributed by atoms with Crippen LogP contribution in [0.1, 0.15) is 31.4 Å². The van der Waals surface area contributed by atoms with E-state index in [9.17, 15) is 19.2 Å². The van der Waals surface area contributed by atoms with Gasteiger partial charge >= 0.3 is 6.03 Å². The van der Waals surface area contributed by atoms with E-state index in [4.69, 9.17) is 4.52 Å². The highest BCUT2D eigenvalue weighted by atomic mass is 32.2. The summed E-state index contributed by atoms with van der Waals surface area (Å²) in [5.41, 5.74) is -0.339. The summed E-state index contributed by atoms with van der Waals surface area (Å²) >= 11 is 1.10. The Morgan fingerprint density at radius 1 is 1.26 bits per heavy atom. The van der Waals surface area contributed by atoms with Gasteiger partial charge in [0, 0.05) is 32.5 Å². The van der Waals surface area contributed by atoms with Crippen molar-refractivity contribution in [2.24, 2.45) is 0 Å². The first-order valence-electron chi connectivity index (χ1n) is 6.60. The zero-order chi connectivity index (χ0) is 17.0. The predicted molar refractivity (Wildman–Crippen MR) is 81.6 cm³/mol. The summed E-state index contributed by atoms with van der Waals surface area (Å²) in [4.78, 5) is 47.3. The molecule has 2 rings (SSSR count). The van der Waals surface area contributed by atoms with Crippen LogP contribution in [0.5, 0.6) is 0 Å². The van der Waals surface area contributed by atoms with E-state index >= 15 is 0 Å². The molecule has 0 aromatic carbocycles. The highest BCUT2D eigenvalue weighted by molar-refractivity contribution is 8.04. The number of carbonyl (C=O) groups is 4. The number of hydrogen-bond donors (Lipinski definition) is 3. The second-order valence-electron chi connectivity index (χ2n) is 4.37. The second kappa shape index (κ2) is 7.09. The molecule has 0 radical (unpaired) electrons. The number of thioether (sulfide) groups is 1. The van der Waals surface area contributed by atoms with Crippen molar-refractivity contribution in [1.29, 1.82) is 0 Å². The molecule has 122 valence electrons. The Kier molecular flexibility index (Phi) is 5.16. The summed E-state index contributed by atoms with van der Waals surface area (Å²) in [5.74, 6) is -1.48. The number of ketones is 2. The van der Waals surface area contributed by atoms with E-state index < -0.39 is 17.5 Å². The lowest BCUT2D eigenvalue weighted by Gasteiger charge is -2.11. The molecule has 23 heavy (non-hydrogen) atoms. The van der Waals surface area contributed by atoms with E-state index in [1.54, 1.807) is 0 Å². The van der Waals surface area contributed by atoms with Crippen molar-refractivity contribution >= 4 is 35.3 Å². The fourth-order valence-corrected chi connectivity index (χ4v) is 2.68. The van der Waals surface area contributed by atoms with Gasteiger partial charge < -0.3 is 20.5 Å². The van der Waals surface area contributed by atoms with Crippen LogP contribution < -0.4 is 16.0 Å². The van der Waals surface area contributed by atoms with Gasteiger partial charge in [-0.2, -0.15) is 0 Å². The largest absolute Gasteiger partial charge is 0.354 e. The summed E-state index contributed by atoms with van der Waals surface area (Å²) in [6.45, 7) is 0.307. The van der Waals surface area contributed by atoms with Crippen molar-refractivity contribution < 1.29 is 23.7 Å². The van der Waals surface area contributed by atoms with Crippen LogP contribution in [0.3, 0.4) is 0 Å². The molecule has 0 atom stereocenters. The quantitative estimate of drug-likeness (QED) is 0.642. The van der Waals surface area contributed by atoms with Crippen molar-refractivity contribution in [2.75, 3.05) is 26.4 Å². The van der Waals surface area contributed by atoms with Gasteiger partial charge in [0.15, 0.2) is 5.69 Å². The first-order chi connectivity index (χ1) is 11.0. The lowest BCUT2D eigenvalue weighted by Crippen LogP contribution is -2.34. The zero-order valence-corrected chi connectivity index (χ0v) is 13.2. The average Bonchev–Trinajstić information content (AvgIpc) is 3.00. The van der Waals surface area contributed by atoms with E-state index in [1.165, 1.54) is 14.1 Å². The Labute approximate surface area is 135 Å². The maximum absolute atomic E-state index is 12.4. The van der Waals surface area contributed by atoms with Crippen molar-refractivity contribution in [3.63, 3.8) is 0 Å². The van der Waals surface area contributed by atoms with Crippen molar-refractivity contribution in [1.82, 2.24) is 21.1 Å². The highest BCUT2D eigenvalue weighted by Gasteiger charge is 2.35. The van der Waals surface area contributed by atoms with E-state index in [1.807, 2.05) is 0 Å². The van der Waals surface area contributed by atoms with Crippen LogP contribution in [0.25, 0.3) is 0 Å². The van der Waals surface area contributed by atoms with Gasteiger partial charge in [0.25, 0.3) is 5.91 Å². The Bertz CT molecular complexity index is 709. The van der Waals surface area contributed by atoms with Gasteiger partial charge in [-0.3, -0.25) is 14.4 Å². The number of rotatable bonds is 5. The summed E-state index contributed by atoms with van der Waals surface area (Å²) in [6, 6.07) is -0.339. The normalized spacial score (nSPS) is 13.2. The summed E-state index contributed by atoms with van der Waals surface area (Å²) < 4.78 is 4.81. The van der Waals surface area contributed by atoms with Crippen LogP contribution in [0.2, 0.25) is 0 Å². The Hall–Kier alpha value is -2.62. The number of urea groups is 1. The van der Waals surface area contributed by atoms with Crippen LogP contribution in [-0.2, 0) is 0 Å². The molecule has 0 spiro atoms. The average molecular weight is 338 g/mol. The van der Waals surface area contributed by atoms with Gasteiger partial charge in [0.05, 0.1) is 4.91 Å². The fraction of sp³-hybridized carbons (Fsp3) is 0.308. The number of Topliss-reactive ketones (excluding diaryl/α,β-unsaturated/α-hetero) is 1. The van der Waals surface area contributed by atoms with E-state index in [2.05, 4.69) is 21.1 Å². The van der Waals surface area contributed by atoms with Crippen molar-refractivity contribution in [3.8, 4) is 0 Å². The van der Waals surface area contributed by atoms with Gasteiger partial charge in [-0.15, -0.1) is 11.8 Å². The summed E-state index contributed by atoms with van der Waals surface area (Å²) in [7, 11) is 2.87. The number of fused-ring (bicyclic) bond motifs is 1. The number of nitrogens with one attached hydrogen (secondary N) is 3. The lowest BCUT2D eigenvalue weighted by molar-refractivity contribution is 0.0944. The highest BCUT2D eigenvalue weighted by Crippen LogP contribution is 2.30. The second-order valence-corrected chi connectivity index (χ2v) is 5.51. The minimum Gasteiger partial charge on any atom is -0.354 e. The molecule has 0 saturated heterocycles. The van der Waals surface area contributed by atoms with Gasteiger partial charge in [-0.1, -0.05) is 5.16 Å². The number of allylic oxidation sites excluding steroid dienone is 2. The SMILES string of the molecule is CNC(=O)NCCSC1=CC(=O)c2onc(C(=O)NC)c2C1=O. The monoisotopic (exact) mass is 338 g/mol. The maximum Gasteiger partial charge on any atom is 0.314 e. The molecule has 10 heteroatoms. The molecule has 1 heterocycles. The molecule has 1 aromatic heterocycles. The zero-order valence-electron chi connectivity index (χ0n) is 12.4. The third kappa shape index (κ3) is 3.42. The van der Waals surface area contributed by atoms with Crippen molar-refractivity contribution in [2.45, 2.75) is 0 Å². The Morgan fingerprint density at radius 3 is 2.65 bits per heavy atom. The molecule has 0 fully saturated rings. The van der Waals surface area contributed by atoms with E-state index in [-0.39, 0.29) is 28.0 Å². The number of nitrogens with zero attached hydrogens (tertiary/aromatic N) is 1. The number of amides is 3. The molecular weight excluding hydrogens is 324 g/mol. The predicted octanol–water partition coefficient (Wildman–Crippen LogP) is -0.0407. The van der Waals surface area contributed by atoms with Gasteiger partial charge in [0.1, 0.15) is 5.56 Å². The van der Waals surface area contributed by atoms with Gasteiger partial charge in [-0.05, 0) is 0 Å². The minimum absolute atomic E-state index is 0.126. The molecule has 0 unspecified atom stereocenters. The molecule has 0 aliphatic heterocycles. The van der Waals surface area contributed by atoms with E-state index in [0.29, 0.717) is 12.3 Å². The minimum atomic E-state index is -0.608. The standard InChI is InChI=1S/C13H14N4O5S/c1-14-12(20)9-8-10(19)7(5-6(18)11(8)22-17-9)23-4-3-16-13(21)15-2/h5H,3-4H2,1-2H3,(H,14,20)(H2,15,16,21). The Balaban J connectivity index is 2.11. The van der Waals surface area contributed by atoms with Crippen LogP contribution in [-0.4, -0.2) is 55.1 Å². The van der Waals surface area contributed by atoms with Crippen LogP contribution >= 0.6 is 11.8 Å². The molecule has 1 aromatic rings. The molecule has 3 N–H and O–H groups in total. The summed E-state index contributed by atoms with van der Waals surface area (Å²) in [6.07, 6.45) is 1.15. The fourth-order valence-electron chi connectivity index (χ4n) is 1.84. The summed E-state index contributed by atoms with van der Waals surface area (Å²) in [5, 5.41) is 10.8. The molecule has 0 bridgehead atoms. The first kappa shape index (κ1) is 16.7. The Morgan fingerprint density at radius 2 is 2.00 bits per heavy atom. The lowest BCUT2D eigenvalue weighted by atomic mass is 10.00. The number of aromatic nitrogens is 1. The van der Waals surface area contributed by atoms with Crippen molar-refractivity contribution in [3.05, 3.63) is 28.0 Å². The van der Waals surface area contributed by atoms with Gasteiger partial charge in [-0.25, -0.2) is 4.79 Å². The molecule has 3 amide bonds. The van der Waals surface area contributed by atoms with Crippen LogP contribution in [0.4, 0.5) is 4.79 Å². The maximum atomic E-state index is 12.4. The third-order valence-electron chi connectivity index (χ3n) is 2.94. The topological polar surface area (TPSA) is 130 Å². The molecule has 9 nitrogen and oxygen atoms in total. The molecule has 1 aliphatic carbocycles.